The molecule has 1 N–H and O–H groups in total. The van der Waals surface area contributed by atoms with Gasteiger partial charge in [-0.2, -0.15) is 0 Å². The molecule has 0 spiro atoms. The maximum Gasteiger partial charge on any atom is 0.243 e. The summed E-state index contributed by atoms with van der Waals surface area (Å²) in [4.78, 5) is 33.8. The standard InChI is InChI=1S/C33H35N3O5/c1-39-28-15-12-25(13-16-28)23-36(32(37)21-26-14-17-30(40-2)31(20-26)41-3)29(19-24-9-5-4-6-10-24)33(38)35-22-27-11-7-8-18-34-27/h4-18,20,29H,19,21-23H2,1-3H3,(H,35,38)/t29-/m1/s1. The SMILES string of the molecule is COc1ccc(CN(C(=O)Cc2ccc(OC)c(OC)c2)[C@H](Cc2ccccc2)C(=O)NCc2ccccn2)cc1. The van der Waals surface area contributed by atoms with Crippen molar-refractivity contribution >= 4 is 11.8 Å². The minimum Gasteiger partial charge on any atom is -0.497 e. The molecule has 1 atom stereocenters. The summed E-state index contributed by atoms with van der Waals surface area (Å²) >= 11 is 0. The molecule has 0 unspecified atom stereocenters. The Morgan fingerprint density at radius 2 is 1.49 bits per heavy atom. The van der Waals surface area contributed by atoms with Crippen LogP contribution in [0, 0.1) is 0 Å². The van der Waals surface area contributed by atoms with Crippen molar-refractivity contribution in [2.75, 3.05) is 21.3 Å². The number of nitrogens with zero attached hydrogens (tertiary/aromatic N) is 2. The van der Waals surface area contributed by atoms with Crippen molar-refractivity contribution in [2.45, 2.75) is 32.0 Å². The summed E-state index contributed by atoms with van der Waals surface area (Å²) in [5, 5.41) is 3.00. The average molecular weight is 554 g/mol. The number of carbonyl (C=O) groups excluding carboxylic acids is 2. The molecule has 0 fully saturated rings. The van der Waals surface area contributed by atoms with E-state index in [1.54, 1.807) is 44.6 Å². The Morgan fingerprint density at radius 1 is 0.780 bits per heavy atom. The highest BCUT2D eigenvalue weighted by Gasteiger charge is 2.30. The first-order valence-electron chi connectivity index (χ1n) is 13.4. The molecule has 3 aromatic carbocycles. The van der Waals surface area contributed by atoms with Gasteiger partial charge in [0, 0.05) is 19.2 Å². The van der Waals surface area contributed by atoms with E-state index in [1.165, 1.54) is 0 Å². The smallest absolute Gasteiger partial charge is 0.243 e. The lowest BCUT2D eigenvalue weighted by Gasteiger charge is -2.32. The van der Waals surface area contributed by atoms with Gasteiger partial charge >= 0.3 is 0 Å². The highest BCUT2D eigenvalue weighted by atomic mass is 16.5. The van der Waals surface area contributed by atoms with Crippen LogP contribution in [0.1, 0.15) is 22.4 Å². The third kappa shape index (κ3) is 8.08. The highest BCUT2D eigenvalue weighted by molar-refractivity contribution is 5.88. The maximum atomic E-state index is 14.0. The zero-order chi connectivity index (χ0) is 29.0. The lowest BCUT2D eigenvalue weighted by molar-refractivity contribution is -0.140. The number of benzene rings is 3. The highest BCUT2D eigenvalue weighted by Crippen LogP contribution is 2.28. The number of pyridine rings is 1. The average Bonchev–Trinajstić information content (AvgIpc) is 3.02. The van der Waals surface area contributed by atoms with E-state index >= 15 is 0 Å². The fraction of sp³-hybridized carbons (Fsp3) is 0.242. The molecule has 41 heavy (non-hydrogen) atoms. The first kappa shape index (κ1) is 29.1. The van der Waals surface area contributed by atoms with Crippen molar-refractivity contribution in [2.24, 2.45) is 0 Å². The van der Waals surface area contributed by atoms with Gasteiger partial charge in [0.1, 0.15) is 11.8 Å². The van der Waals surface area contributed by atoms with Crippen LogP contribution in [-0.2, 0) is 35.5 Å². The summed E-state index contributed by atoms with van der Waals surface area (Å²) in [5.41, 5.74) is 3.31. The van der Waals surface area contributed by atoms with Gasteiger partial charge < -0.3 is 24.4 Å². The van der Waals surface area contributed by atoms with Crippen LogP contribution < -0.4 is 19.5 Å². The number of ether oxygens (including phenoxy) is 3. The predicted octanol–water partition coefficient (Wildman–Crippen LogP) is 4.61. The second-order valence-corrected chi connectivity index (χ2v) is 9.48. The topological polar surface area (TPSA) is 90.0 Å². The Balaban J connectivity index is 1.66. The molecule has 1 aromatic heterocycles. The van der Waals surface area contributed by atoms with E-state index in [1.807, 2.05) is 78.9 Å². The Bertz CT molecular complexity index is 1410. The number of nitrogens with one attached hydrogen (secondary N) is 1. The summed E-state index contributed by atoms with van der Waals surface area (Å²) in [7, 11) is 4.73. The predicted molar refractivity (Wildman–Crippen MR) is 157 cm³/mol. The van der Waals surface area contributed by atoms with Gasteiger partial charge in [-0.25, -0.2) is 0 Å². The van der Waals surface area contributed by atoms with Crippen molar-refractivity contribution < 1.29 is 23.8 Å². The van der Waals surface area contributed by atoms with Crippen molar-refractivity contribution in [1.82, 2.24) is 15.2 Å². The van der Waals surface area contributed by atoms with Crippen LogP contribution in [0.2, 0.25) is 0 Å². The molecule has 0 aliphatic carbocycles. The number of hydrogen-bond acceptors (Lipinski definition) is 6. The molecule has 1 heterocycles. The fourth-order valence-corrected chi connectivity index (χ4v) is 4.55. The molecule has 8 nitrogen and oxygen atoms in total. The van der Waals surface area contributed by atoms with E-state index in [2.05, 4.69) is 10.3 Å². The van der Waals surface area contributed by atoms with Crippen molar-refractivity contribution in [3.8, 4) is 17.2 Å². The molecule has 0 saturated carbocycles. The second-order valence-electron chi connectivity index (χ2n) is 9.48. The quantitative estimate of drug-likeness (QED) is 0.260. The van der Waals surface area contributed by atoms with Crippen LogP contribution >= 0.6 is 0 Å². The minimum atomic E-state index is -0.768. The van der Waals surface area contributed by atoms with E-state index in [9.17, 15) is 9.59 Å². The van der Waals surface area contributed by atoms with E-state index in [4.69, 9.17) is 14.2 Å². The summed E-state index contributed by atoms with van der Waals surface area (Å²) in [6.07, 6.45) is 2.11. The molecular formula is C33H35N3O5. The first-order valence-corrected chi connectivity index (χ1v) is 13.4. The molecule has 212 valence electrons. The van der Waals surface area contributed by atoms with Crippen molar-refractivity contribution in [3.05, 3.63) is 120 Å². The van der Waals surface area contributed by atoms with Crippen LogP contribution in [0.4, 0.5) is 0 Å². The number of methoxy groups -OCH3 is 3. The first-order chi connectivity index (χ1) is 20.0. The molecular weight excluding hydrogens is 518 g/mol. The third-order valence-corrected chi connectivity index (χ3v) is 6.76. The summed E-state index contributed by atoms with van der Waals surface area (Å²) in [5.74, 6) is 1.38. The zero-order valence-electron chi connectivity index (χ0n) is 23.6. The second kappa shape index (κ2) is 14.5. The molecule has 2 amide bonds. The molecule has 0 bridgehead atoms. The molecule has 0 saturated heterocycles. The van der Waals surface area contributed by atoms with Crippen molar-refractivity contribution in [3.63, 3.8) is 0 Å². The van der Waals surface area contributed by atoms with E-state index in [0.29, 0.717) is 23.7 Å². The lowest BCUT2D eigenvalue weighted by atomic mass is 10.0. The van der Waals surface area contributed by atoms with E-state index in [0.717, 1.165) is 22.4 Å². The van der Waals surface area contributed by atoms with Gasteiger partial charge in [0.05, 0.1) is 40.0 Å². The summed E-state index contributed by atoms with van der Waals surface area (Å²) in [6, 6.07) is 27.4. The van der Waals surface area contributed by atoms with Gasteiger partial charge in [0.15, 0.2) is 11.5 Å². The number of carbonyl (C=O) groups is 2. The minimum absolute atomic E-state index is 0.0787. The zero-order valence-corrected chi connectivity index (χ0v) is 23.6. The monoisotopic (exact) mass is 553 g/mol. The molecule has 4 aromatic rings. The largest absolute Gasteiger partial charge is 0.497 e. The normalized spacial score (nSPS) is 11.3. The molecule has 4 rings (SSSR count). The van der Waals surface area contributed by atoms with Crippen LogP contribution in [0.15, 0.2) is 97.2 Å². The summed E-state index contributed by atoms with van der Waals surface area (Å²) in [6.45, 7) is 0.496. The Hall–Kier alpha value is -4.85. The third-order valence-electron chi connectivity index (χ3n) is 6.76. The number of aromatic nitrogens is 1. The van der Waals surface area contributed by atoms with Crippen LogP contribution in [0.5, 0.6) is 17.2 Å². The van der Waals surface area contributed by atoms with Gasteiger partial charge in [-0.15, -0.1) is 0 Å². The van der Waals surface area contributed by atoms with E-state index < -0.39 is 6.04 Å². The number of amides is 2. The van der Waals surface area contributed by atoms with Gasteiger partial charge in [0.25, 0.3) is 0 Å². The molecule has 0 aliphatic heterocycles. The van der Waals surface area contributed by atoms with Crippen molar-refractivity contribution in [1.29, 1.82) is 0 Å². The van der Waals surface area contributed by atoms with Crippen LogP contribution in [0.3, 0.4) is 0 Å². The Kier molecular flexibility index (Phi) is 10.3. The maximum absolute atomic E-state index is 14.0. The van der Waals surface area contributed by atoms with Crippen LogP contribution in [0.25, 0.3) is 0 Å². The number of hydrogen-bond donors (Lipinski definition) is 1. The van der Waals surface area contributed by atoms with Gasteiger partial charge in [-0.3, -0.25) is 14.6 Å². The Morgan fingerprint density at radius 3 is 2.15 bits per heavy atom. The molecule has 8 heteroatoms. The molecule has 0 radical (unpaired) electrons. The Labute approximate surface area is 240 Å². The molecule has 0 aliphatic rings. The fourth-order valence-electron chi connectivity index (χ4n) is 4.55. The van der Waals surface area contributed by atoms with Gasteiger partial charge in [0.2, 0.25) is 11.8 Å². The van der Waals surface area contributed by atoms with E-state index in [-0.39, 0.29) is 31.3 Å². The van der Waals surface area contributed by atoms with Crippen LogP contribution in [-0.4, -0.2) is 49.1 Å². The summed E-state index contributed by atoms with van der Waals surface area (Å²) < 4.78 is 16.1. The van der Waals surface area contributed by atoms with Gasteiger partial charge in [-0.05, 0) is 53.1 Å². The lowest BCUT2D eigenvalue weighted by Crippen LogP contribution is -2.50. The van der Waals surface area contributed by atoms with Gasteiger partial charge in [-0.1, -0.05) is 54.6 Å². The number of rotatable bonds is 13.